The third-order valence-electron chi connectivity index (χ3n) is 4.30. The molecule has 0 saturated carbocycles. The molecule has 24 heavy (non-hydrogen) atoms. The van der Waals surface area contributed by atoms with Gasteiger partial charge in [-0.15, -0.1) is 0 Å². The lowest BCUT2D eigenvalue weighted by molar-refractivity contribution is -0.121. The number of hydrogen-bond acceptors (Lipinski definition) is 6. The van der Waals surface area contributed by atoms with Gasteiger partial charge in [0.05, 0.1) is 41.5 Å². The second-order valence-corrected chi connectivity index (χ2v) is 6.03. The van der Waals surface area contributed by atoms with Gasteiger partial charge in [0.1, 0.15) is 0 Å². The molecule has 2 aromatic rings. The highest BCUT2D eigenvalue weighted by atomic mass is 16.3. The van der Waals surface area contributed by atoms with E-state index < -0.39 is 6.10 Å². The van der Waals surface area contributed by atoms with E-state index >= 15 is 0 Å². The van der Waals surface area contributed by atoms with Gasteiger partial charge in [-0.05, 0) is 37.6 Å². The Morgan fingerprint density at radius 1 is 1.50 bits per heavy atom. The molecule has 0 radical (unpaired) electrons. The number of nitriles is 1. The zero-order valence-corrected chi connectivity index (χ0v) is 13.1. The molecule has 7 nitrogen and oxygen atoms in total. The molecule has 0 bridgehead atoms. The number of fused-ring (bicyclic) bond motifs is 1. The van der Waals surface area contributed by atoms with Crippen LogP contribution in [0.2, 0.25) is 0 Å². The predicted molar refractivity (Wildman–Crippen MR) is 87.4 cm³/mol. The molecule has 1 aliphatic rings. The van der Waals surface area contributed by atoms with E-state index in [4.69, 9.17) is 5.26 Å². The molecular weight excluding hydrogens is 308 g/mol. The predicted octanol–water partition coefficient (Wildman–Crippen LogP) is 0.340. The third-order valence-corrected chi connectivity index (χ3v) is 4.30. The van der Waals surface area contributed by atoms with Gasteiger partial charge < -0.3 is 10.4 Å². The molecular formula is C17H18N4O3. The van der Waals surface area contributed by atoms with E-state index in [0.29, 0.717) is 22.9 Å². The summed E-state index contributed by atoms with van der Waals surface area (Å²) >= 11 is 0. The Labute approximate surface area is 138 Å². The van der Waals surface area contributed by atoms with Gasteiger partial charge in [0.2, 0.25) is 0 Å². The number of nitrogens with zero attached hydrogens (tertiary/aromatic N) is 3. The molecule has 3 rings (SSSR count). The summed E-state index contributed by atoms with van der Waals surface area (Å²) in [4.78, 5) is 28.9. The SMILES string of the molecule is N#Cc1ccc2ncn(CC(=O)C[C@H]3NCCC[C@@H]3O)c(=O)c2c1. The molecule has 2 N–H and O–H groups in total. The van der Waals surface area contributed by atoms with E-state index in [0.717, 1.165) is 13.0 Å². The first-order chi connectivity index (χ1) is 11.6. The molecule has 1 aromatic carbocycles. The smallest absolute Gasteiger partial charge is 0.261 e. The van der Waals surface area contributed by atoms with Gasteiger partial charge in [-0.3, -0.25) is 14.2 Å². The fourth-order valence-electron chi connectivity index (χ4n) is 2.99. The van der Waals surface area contributed by atoms with Crippen molar-refractivity contribution in [1.82, 2.24) is 14.9 Å². The molecule has 0 spiro atoms. The number of aliphatic hydroxyl groups is 1. The van der Waals surface area contributed by atoms with Crippen LogP contribution in [-0.4, -0.2) is 39.1 Å². The van der Waals surface area contributed by atoms with Crippen LogP contribution in [0.3, 0.4) is 0 Å². The van der Waals surface area contributed by atoms with Crippen LogP contribution in [0, 0.1) is 11.3 Å². The Morgan fingerprint density at radius 3 is 3.08 bits per heavy atom. The number of aliphatic hydroxyl groups excluding tert-OH is 1. The van der Waals surface area contributed by atoms with Crippen molar-refractivity contribution in [2.24, 2.45) is 0 Å². The fourth-order valence-corrected chi connectivity index (χ4v) is 2.99. The summed E-state index contributed by atoms with van der Waals surface area (Å²) < 4.78 is 1.25. The Bertz CT molecular complexity index is 868. The summed E-state index contributed by atoms with van der Waals surface area (Å²) in [5, 5.41) is 22.3. The molecule has 124 valence electrons. The van der Waals surface area contributed by atoms with Gasteiger partial charge in [0.15, 0.2) is 5.78 Å². The Balaban J connectivity index is 1.79. The van der Waals surface area contributed by atoms with Gasteiger partial charge in [-0.1, -0.05) is 0 Å². The van der Waals surface area contributed by atoms with E-state index in [-0.39, 0.29) is 30.3 Å². The number of Topliss-reactive ketones (excluding diaryl/α,β-unsaturated/α-hetero) is 1. The van der Waals surface area contributed by atoms with E-state index in [1.54, 1.807) is 12.1 Å². The molecule has 1 aliphatic heterocycles. The Kier molecular flexibility index (Phi) is 4.69. The number of carbonyl (C=O) groups is 1. The highest BCUT2D eigenvalue weighted by Crippen LogP contribution is 2.12. The van der Waals surface area contributed by atoms with Crippen molar-refractivity contribution in [2.75, 3.05) is 6.54 Å². The minimum atomic E-state index is -0.535. The van der Waals surface area contributed by atoms with Crippen molar-refractivity contribution in [3.05, 3.63) is 40.4 Å². The lowest BCUT2D eigenvalue weighted by atomic mass is 9.97. The Hall–Kier alpha value is -2.56. The molecule has 0 amide bonds. The van der Waals surface area contributed by atoms with Crippen LogP contribution in [0.1, 0.15) is 24.8 Å². The van der Waals surface area contributed by atoms with E-state index in [1.165, 1.54) is 17.0 Å². The van der Waals surface area contributed by atoms with Crippen LogP contribution in [0.25, 0.3) is 10.9 Å². The van der Waals surface area contributed by atoms with Crippen LogP contribution in [0.5, 0.6) is 0 Å². The fraction of sp³-hybridized carbons (Fsp3) is 0.412. The van der Waals surface area contributed by atoms with Crippen molar-refractivity contribution in [3.63, 3.8) is 0 Å². The van der Waals surface area contributed by atoms with Gasteiger partial charge in [0, 0.05) is 12.5 Å². The van der Waals surface area contributed by atoms with Crippen molar-refractivity contribution in [1.29, 1.82) is 5.26 Å². The highest BCUT2D eigenvalue weighted by molar-refractivity contribution is 5.81. The summed E-state index contributed by atoms with van der Waals surface area (Å²) in [5.41, 5.74) is 0.523. The average molecular weight is 326 g/mol. The summed E-state index contributed by atoms with van der Waals surface area (Å²) in [6.07, 6.45) is 2.55. The first kappa shape index (κ1) is 16.3. The normalized spacial score (nSPS) is 20.7. The van der Waals surface area contributed by atoms with Crippen molar-refractivity contribution in [3.8, 4) is 6.07 Å². The molecule has 1 aromatic heterocycles. The highest BCUT2D eigenvalue weighted by Gasteiger charge is 2.25. The summed E-state index contributed by atoms with van der Waals surface area (Å²) in [5.74, 6) is -0.145. The van der Waals surface area contributed by atoms with Crippen LogP contribution in [-0.2, 0) is 11.3 Å². The molecule has 2 atom stereocenters. The monoisotopic (exact) mass is 326 g/mol. The average Bonchev–Trinajstić information content (AvgIpc) is 2.59. The number of benzene rings is 1. The quantitative estimate of drug-likeness (QED) is 0.839. The van der Waals surface area contributed by atoms with Crippen molar-refractivity contribution in [2.45, 2.75) is 38.0 Å². The molecule has 2 heterocycles. The van der Waals surface area contributed by atoms with Crippen LogP contribution < -0.4 is 10.9 Å². The molecule has 0 aliphatic carbocycles. The maximum absolute atomic E-state index is 12.5. The van der Waals surface area contributed by atoms with Crippen LogP contribution >= 0.6 is 0 Å². The molecule has 1 saturated heterocycles. The lowest BCUT2D eigenvalue weighted by Gasteiger charge is -2.28. The zero-order valence-electron chi connectivity index (χ0n) is 13.1. The lowest BCUT2D eigenvalue weighted by Crippen LogP contribution is -2.46. The topological polar surface area (TPSA) is 108 Å². The molecule has 0 unspecified atom stereocenters. The summed E-state index contributed by atoms with van der Waals surface area (Å²) in [6.45, 7) is 0.687. The molecule has 1 fully saturated rings. The second kappa shape index (κ2) is 6.91. The first-order valence-corrected chi connectivity index (χ1v) is 7.91. The van der Waals surface area contributed by atoms with Crippen molar-refractivity contribution < 1.29 is 9.90 Å². The first-order valence-electron chi connectivity index (χ1n) is 7.91. The van der Waals surface area contributed by atoms with Crippen LogP contribution in [0.15, 0.2) is 29.3 Å². The maximum atomic E-state index is 12.5. The van der Waals surface area contributed by atoms with Crippen LogP contribution in [0.4, 0.5) is 0 Å². The standard InChI is InChI=1S/C17H18N4O3/c18-8-11-3-4-14-13(6-11)17(24)21(10-20-14)9-12(22)7-15-16(23)2-1-5-19-15/h3-4,6,10,15-16,19,23H,1-2,5,7,9H2/t15-,16+/m1/s1. The zero-order chi connectivity index (χ0) is 17.1. The van der Waals surface area contributed by atoms with Gasteiger partial charge >= 0.3 is 0 Å². The van der Waals surface area contributed by atoms with Gasteiger partial charge in [0.25, 0.3) is 5.56 Å². The molecule has 7 heteroatoms. The number of carbonyl (C=O) groups excluding carboxylic acids is 1. The number of piperidine rings is 1. The van der Waals surface area contributed by atoms with Crippen molar-refractivity contribution >= 4 is 16.7 Å². The minimum absolute atomic E-state index is 0.0938. The number of aromatic nitrogens is 2. The number of rotatable bonds is 4. The minimum Gasteiger partial charge on any atom is -0.391 e. The third kappa shape index (κ3) is 3.35. The summed E-state index contributed by atoms with van der Waals surface area (Å²) in [7, 11) is 0. The van der Waals surface area contributed by atoms with E-state index in [9.17, 15) is 14.7 Å². The van der Waals surface area contributed by atoms with E-state index in [1.807, 2.05) is 6.07 Å². The number of ketones is 1. The number of nitrogens with one attached hydrogen (secondary N) is 1. The van der Waals surface area contributed by atoms with Gasteiger partial charge in [-0.25, -0.2) is 4.98 Å². The summed E-state index contributed by atoms with van der Waals surface area (Å²) in [6, 6.07) is 6.42. The van der Waals surface area contributed by atoms with Gasteiger partial charge in [-0.2, -0.15) is 5.26 Å². The maximum Gasteiger partial charge on any atom is 0.261 e. The largest absolute Gasteiger partial charge is 0.391 e. The van der Waals surface area contributed by atoms with E-state index in [2.05, 4.69) is 10.3 Å². The second-order valence-electron chi connectivity index (χ2n) is 6.03. The number of hydrogen-bond donors (Lipinski definition) is 2. The Morgan fingerprint density at radius 2 is 2.33 bits per heavy atom.